The van der Waals surface area contributed by atoms with E-state index in [9.17, 15) is 18.3 Å². The van der Waals surface area contributed by atoms with Gasteiger partial charge in [0.05, 0.1) is 6.61 Å². The number of anilines is 1. The first-order chi connectivity index (χ1) is 12.8. The first-order valence-corrected chi connectivity index (χ1v) is 10.2. The van der Waals surface area contributed by atoms with Gasteiger partial charge in [0, 0.05) is 24.7 Å². The summed E-state index contributed by atoms with van der Waals surface area (Å²) in [5.74, 6) is -0.130. The van der Waals surface area contributed by atoms with Crippen molar-refractivity contribution in [3.8, 4) is 0 Å². The Bertz CT molecular complexity index is 911. The third kappa shape index (κ3) is 4.05. The Hall–Kier alpha value is -2.23. The van der Waals surface area contributed by atoms with Crippen molar-refractivity contribution in [2.45, 2.75) is 38.2 Å². The number of carbonyl (C=O) groups is 1. The number of nitrogens with one attached hydrogen (secondary N) is 1. The topological polar surface area (TPSA) is 113 Å². The van der Waals surface area contributed by atoms with E-state index in [-0.39, 0.29) is 42.2 Å². The maximum Gasteiger partial charge on any atom is 0.248 e. The van der Waals surface area contributed by atoms with E-state index in [1.165, 1.54) is 4.31 Å². The molecule has 0 aliphatic carbocycles. The summed E-state index contributed by atoms with van der Waals surface area (Å²) < 4.78 is 32.0. The summed E-state index contributed by atoms with van der Waals surface area (Å²) in [5.41, 5.74) is 1.68. The van der Waals surface area contributed by atoms with Gasteiger partial charge in [-0.2, -0.15) is 4.31 Å². The average Bonchev–Trinajstić information content (AvgIpc) is 3.01. The summed E-state index contributed by atoms with van der Waals surface area (Å²) >= 11 is 0. The van der Waals surface area contributed by atoms with Crippen LogP contribution in [0.25, 0.3) is 0 Å². The summed E-state index contributed by atoms with van der Waals surface area (Å²) in [6.45, 7) is 3.61. The molecule has 0 atom stereocenters. The molecule has 1 aliphatic rings. The van der Waals surface area contributed by atoms with Crippen molar-refractivity contribution in [2.24, 2.45) is 5.92 Å². The molecule has 1 aromatic carbocycles. The molecule has 2 N–H and O–H groups in total. The van der Waals surface area contributed by atoms with Gasteiger partial charge in [-0.3, -0.25) is 4.79 Å². The summed E-state index contributed by atoms with van der Waals surface area (Å²) in [6, 6.07) is 7.01. The van der Waals surface area contributed by atoms with Crippen LogP contribution in [0.5, 0.6) is 0 Å². The Balaban J connectivity index is 1.64. The molecule has 9 heteroatoms. The normalized spacial score (nSPS) is 16.4. The Morgan fingerprint density at radius 3 is 2.63 bits per heavy atom. The minimum absolute atomic E-state index is 0.0956. The Labute approximate surface area is 158 Å². The van der Waals surface area contributed by atoms with E-state index in [0.717, 1.165) is 0 Å². The van der Waals surface area contributed by atoms with Gasteiger partial charge in [-0.15, -0.1) is 0 Å². The third-order valence-electron chi connectivity index (χ3n) is 4.77. The second-order valence-corrected chi connectivity index (χ2v) is 8.55. The van der Waals surface area contributed by atoms with Crippen molar-refractivity contribution in [2.75, 3.05) is 18.4 Å². The molecule has 2 heterocycles. The second-order valence-electron chi connectivity index (χ2n) is 6.68. The molecular weight excluding hydrogens is 370 g/mol. The van der Waals surface area contributed by atoms with E-state index in [0.29, 0.717) is 29.8 Å². The number of piperidine rings is 1. The van der Waals surface area contributed by atoms with Crippen LogP contribution in [-0.4, -0.2) is 42.0 Å². The molecule has 8 nitrogen and oxygen atoms in total. The predicted octanol–water partition coefficient (Wildman–Crippen LogP) is 1.82. The number of rotatable bonds is 5. The van der Waals surface area contributed by atoms with Crippen molar-refractivity contribution < 1.29 is 22.8 Å². The van der Waals surface area contributed by atoms with Crippen LogP contribution >= 0.6 is 0 Å². The fourth-order valence-corrected chi connectivity index (χ4v) is 5.08. The van der Waals surface area contributed by atoms with Crippen LogP contribution in [-0.2, 0) is 21.4 Å². The summed E-state index contributed by atoms with van der Waals surface area (Å²) in [4.78, 5) is 12.6. The van der Waals surface area contributed by atoms with Crippen molar-refractivity contribution in [1.82, 2.24) is 9.46 Å². The number of aryl methyl sites for hydroxylation is 2. The van der Waals surface area contributed by atoms with E-state index < -0.39 is 10.0 Å². The lowest BCUT2D eigenvalue weighted by Gasteiger charge is -2.30. The van der Waals surface area contributed by atoms with Crippen LogP contribution in [0.3, 0.4) is 0 Å². The van der Waals surface area contributed by atoms with Gasteiger partial charge in [-0.1, -0.05) is 17.3 Å². The first kappa shape index (κ1) is 19.5. The van der Waals surface area contributed by atoms with Crippen LogP contribution in [0.15, 0.2) is 33.7 Å². The molecular formula is C18H23N3O5S. The van der Waals surface area contributed by atoms with Crippen LogP contribution in [0.2, 0.25) is 0 Å². The lowest BCUT2D eigenvalue weighted by molar-refractivity contribution is -0.120. The summed E-state index contributed by atoms with van der Waals surface area (Å²) in [5, 5.41) is 15.7. The number of hydrogen-bond donors (Lipinski definition) is 2. The lowest BCUT2D eigenvalue weighted by atomic mass is 9.97. The van der Waals surface area contributed by atoms with Crippen molar-refractivity contribution in [1.29, 1.82) is 0 Å². The number of benzene rings is 1. The first-order valence-electron chi connectivity index (χ1n) is 8.76. The fourth-order valence-electron chi connectivity index (χ4n) is 3.32. The minimum Gasteiger partial charge on any atom is -0.392 e. The molecule has 1 fully saturated rings. The number of sulfonamides is 1. The van der Waals surface area contributed by atoms with Crippen LogP contribution in [0, 0.1) is 19.8 Å². The molecule has 1 aliphatic heterocycles. The number of hydrogen-bond acceptors (Lipinski definition) is 6. The molecule has 0 radical (unpaired) electrons. The number of nitrogens with zero attached hydrogens (tertiary/aromatic N) is 2. The van der Waals surface area contributed by atoms with E-state index in [4.69, 9.17) is 4.52 Å². The Kier molecular flexibility index (Phi) is 5.64. The molecule has 1 aromatic heterocycles. The summed E-state index contributed by atoms with van der Waals surface area (Å²) in [6.07, 6.45) is 0.877. The van der Waals surface area contributed by atoms with Gasteiger partial charge in [0.15, 0.2) is 5.76 Å². The lowest BCUT2D eigenvalue weighted by Crippen LogP contribution is -2.41. The average molecular weight is 393 g/mol. The fraction of sp³-hybridized carbons (Fsp3) is 0.444. The monoisotopic (exact) mass is 393 g/mol. The zero-order chi connectivity index (χ0) is 19.6. The second kappa shape index (κ2) is 7.79. The largest absolute Gasteiger partial charge is 0.392 e. The van der Waals surface area contributed by atoms with Crippen LogP contribution < -0.4 is 5.32 Å². The number of amides is 1. The van der Waals surface area contributed by atoms with Gasteiger partial charge in [0.1, 0.15) is 10.6 Å². The Morgan fingerprint density at radius 2 is 2.04 bits per heavy atom. The highest BCUT2D eigenvalue weighted by Gasteiger charge is 2.35. The third-order valence-corrected chi connectivity index (χ3v) is 6.91. The molecule has 2 aromatic rings. The van der Waals surface area contributed by atoms with Gasteiger partial charge < -0.3 is 14.9 Å². The highest BCUT2D eigenvalue weighted by Crippen LogP contribution is 2.28. The number of carbonyl (C=O) groups excluding carboxylic acids is 1. The van der Waals surface area contributed by atoms with Crippen LogP contribution in [0.4, 0.5) is 5.69 Å². The zero-order valence-corrected chi connectivity index (χ0v) is 16.1. The standard InChI is InChI=1S/C18H23N3O5S/c1-12-17(13(2)26-20-12)27(24,25)21-8-6-15(7-9-21)18(23)19-16-5-3-4-14(10-16)11-22/h3-5,10,15,22H,6-9,11H2,1-2H3,(H,19,23). The molecule has 27 heavy (non-hydrogen) atoms. The summed E-state index contributed by atoms with van der Waals surface area (Å²) in [7, 11) is -3.68. The van der Waals surface area contributed by atoms with Gasteiger partial charge in [-0.05, 0) is 44.4 Å². The van der Waals surface area contributed by atoms with E-state index >= 15 is 0 Å². The van der Waals surface area contributed by atoms with Crippen molar-refractivity contribution >= 4 is 21.6 Å². The van der Waals surface area contributed by atoms with E-state index in [2.05, 4.69) is 10.5 Å². The maximum atomic E-state index is 12.8. The molecule has 0 bridgehead atoms. The van der Waals surface area contributed by atoms with Gasteiger partial charge in [0.2, 0.25) is 15.9 Å². The number of aromatic nitrogens is 1. The molecule has 146 valence electrons. The number of aliphatic hydroxyl groups excluding tert-OH is 1. The molecule has 1 amide bonds. The number of aliphatic hydroxyl groups is 1. The molecule has 0 saturated carbocycles. The predicted molar refractivity (Wildman–Crippen MR) is 98.5 cm³/mol. The highest BCUT2D eigenvalue weighted by molar-refractivity contribution is 7.89. The van der Waals surface area contributed by atoms with Crippen LogP contribution in [0.1, 0.15) is 29.9 Å². The van der Waals surface area contributed by atoms with Gasteiger partial charge in [-0.25, -0.2) is 8.42 Å². The molecule has 0 spiro atoms. The zero-order valence-electron chi connectivity index (χ0n) is 15.3. The van der Waals surface area contributed by atoms with Crippen molar-refractivity contribution in [3.63, 3.8) is 0 Å². The van der Waals surface area contributed by atoms with Crippen molar-refractivity contribution in [3.05, 3.63) is 41.3 Å². The van der Waals surface area contributed by atoms with Gasteiger partial charge in [0.25, 0.3) is 0 Å². The molecule has 3 rings (SSSR count). The van der Waals surface area contributed by atoms with Gasteiger partial charge >= 0.3 is 0 Å². The minimum atomic E-state index is -3.68. The SMILES string of the molecule is Cc1noc(C)c1S(=O)(=O)N1CCC(C(=O)Nc2cccc(CO)c2)CC1. The maximum absolute atomic E-state index is 12.8. The molecule has 1 saturated heterocycles. The highest BCUT2D eigenvalue weighted by atomic mass is 32.2. The van der Waals surface area contributed by atoms with E-state index in [1.54, 1.807) is 38.1 Å². The smallest absolute Gasteiger partial charge is 0.248 e. The van der Waals surface area contributed by atoms with E-state index in [1.807, 2.05) is 0 Å². The molecule has 0 unspecified atom stereocenters. The Morgan fingerprint density at radius 1 is 1.33 bits per heavy atom. The quantitative estimate of drug-likeness (QED) is 0.801.